The first-order chi connectivity index (χ1) is 8.57. The molecule has 98 valence electrons. The van der Waals surface area contributed by atoms with Crippen molar-refractivity contribution in [3.05, 3.63) is 38.9 Å². The van der Waals surface area contributed by atoms with Crippen LogP contribution in [0.3, 0.4) is 0 Å². The van der Waals surface area contributed by atoms with Crippen molar-refractivity contribution >= 4 is 23.2 Å². The van der Waals surface area contributed by atoms with Crippen LogP contribution in [0, 0.1) is 10.1 Å². The van der Waals surface area contributed by atoms with Crippen molar-refractivity contribution in [2.24, 2.45) is 0 Å². The average Bonchev–Trinajstić information content (AvgIpc) is 2.33. The summed E-state index contributed by atoms with van der Waals surface area (Å²) in [6.07, 6.45) is 0.636. The number of methoxy groups -OCH3 is 1. The van der Waals surface area contributed by atoms with E-state index in [0.717, 1.165) is 0 Å². The van der Waals surface area contributed by atoms with Crippen molar-refractivity contribution in [2.75, 3.05) is 20.3 Å². The lowest BCUT2D eigenvalue weighted by Gasteiger charge is -2.06. The molecule has 0 unspecified atom stereocenters. The van der Waals surface area contributed by atoms with Gasteiger partial charge in [-0.2, -0.15) is 0 Å². The van der Waals surface area contributed by atoms with Crippen molar-refractivity contribution in [3.63, 3.8) is 0 Å². The number of carbonyl (C=O) groups excluding carboxylic acids is 1. The fourth-order valence-electron chi connectivity index (χ4n) is 1.40. The molecule has 0 saturated carbocycles. The average molecular weight is 273 g/mol. The number of carbonyl (C=O) groups is 1. The molecule has 6 nitrogen and oxygen atoms in total. The molecule has 18 heavy (non-hydrogen) atoms. The second kappa shape index (κ2) is 6.93. The first-order valence-corrected chi connectivity index (χ1v) is 5.65. The quantitative estimate of drug-likeness (QED) is 0.488. The Morgan fingerprint density at radius 2 is 2.28 bits per heavy atom. The van der Waals surface area contributed by atoms with Crippen molar-refractivity contribution in [1.82, 2.24) is 5.32 Å². The predicted molar refractivity (Wildman–Crippen MR) is 66.9 cm³/mol. The molecule has 0 aliphatic carbocycles. The van der Waals surface area contributed by atoms with Crippen LogP contribution in [0.15, 0.2) is 18.2 Å². The number of para-hydroxylation sites is 1. The van der Waals surface area contributed by atoms with Crippen LogP contribution in [0.25, 0.3) is 0 Å². The van der Waals surface area contributed by atoms with E-state index in [9.17, 15) is 14.9 Å². The summed E-state index contributed by atoms with van der Waals surface area (Å²) in [5.41, 5.74) is -0.409. The summed E-state index contributed by atoms with van der Waals surface area (Å²) in [7, 11) is 1.56. The first kappa shape index (κ1) is 14.4. The van der Waals surface area contributed by atoms with Gasteiger partial charge in [0.1, 0.15) is 10.6 Å². The van der Waals surface area contributed by atoms with Crippen molar-refractivity contribution in [2.45, 2.75) is 6.42 Å². The van der Waals surface area contributed by atoms with Gasteiger partial charge in [-0.25, -0.2) is 0 Å². The van der Waals surface area contributed by atoms with Gasteiger partial charge in [0, 0.05) is 20.3 Å². The van der Waals surface area contributed by atoms with Gasteiger partial charge in [0.2, 0.25) is 0 Å². The minimum Gasteiger partial charge on any atom is -0.385 e. The highest BCUT2D eigenvalue weighted by Gasteiger charge is 2.23. The number of halogens is 1. The molecule has 0 aliphatic heterocycles. The summed E-state index contributed by atoms with van der Waals surface area (Å²) in [6, 6.07) is 4.25. The van der Waals surface area contributed by atoms with Crippen LogP contribution in [0.2, 0.25) is 5.02 Å². The Bertz CT molecular complexity index is 451. The second-order valence-corrected chi connectivity index (χ2v) is 3.90. The third kappa shape index (κ3) is 3.68. The SMILES string of the molecule is COCCCNC(=O)c1cccc(Cl)c1[N+](=O)[O-]. The molecule has 0 atom stereocenters. The van der Waals surface area contributed by atoms with Gasteiger partial charge >= 0.3 is 5.69 Å². The third-order valence-corrected chi connectivity index (χ3v) is 2.53. The van der Waals surface area contributed by atoms with E-state index in [4.69, 9.17) is 16.3 Å². The van der Waals surface area contributed by atoms with Crippen molar-refractivity contribution in [1.29, 1.82) is 0 Å². The van der Waals surface area contributed by atoms with Gasteiger partial charge in [-0.05, 0) is 18.6 Å². The summed E-state index contributed by atoms with van der Waals surface area (Å²) in [5, 5.41) is 13.4. The Kier molecular flexibility index (Phi) is 5.54. The highest BCUT2D eigenvalue weighted by atomic mass is 35.5. The molecule has 7 heteroatoms. The zero-order chi connectivity index (χ0) is 13.5. The van der Waals surface area contributed by atoms with E-state index in [1.165, 1.54) is 18.2 Å². The number of amides is 1. The lowest BCUT2D eigenvalue weighted by Crippen LogP contribution is -2.26. The maximum absolute atomic E-state index is 11.8. The van der Waals surface area contributed by atoms with Gasteiger partial charge in [0.25, 0.3) is 5.91 Å². The van der Waals surface area contributed by atoms with Gasteiger partial charge in [-0.3, -0.25) is 14.9 Å². The molecular formula is C11H13ClN2O4. The van der Waals surface area contributed by atoms with Gasteiger partial charge < -0.3 is 10.1 Å². The van der Waals surface area contributed by atoms with E-state index in [0.29, 0.717) is 19.6 Å². The van der Waals surface area contributed by atoms with Gasteiger partial charge in [0.05, 0.1) is 4.92 Å². The number of nitrogens with one attached hydrogen (secondary N) is 1. The standard InChI is InChI=1S/C11H13ClN2O4/c1-18-7-3-6-13-11(15)8-4-2-5-9(12)10(8)14(16)17/h2,4-5H,3,6-7H2,1H3,(H,13,15). The summed E-state index contributed by atoms with van der Waals surface area (Å²) in [6.45, 7) is 0.897. The molecule has 0 saturated heterocycles. The zero-order valence-electron chi connectivity index (χ0n) is 9.81. The minimum atomic E-state index is -0.660. The predicted octanol–water partition coefficient (Wildman–Crippen LogP) is 2.01. The normalized spacial score (nSPS) is 10.1. The van der Waals surface area contributed by atoms with Gasteiger partial charge in [-0.15, -0.1) is 0 Å². The monoisotopic (exact) mass is 272 g/mol. The molecule has 0 aliphatic rings. The van der Waals surface area contributed by atoms with Crippen molar-refractivity contribution < 1.29 is 14.5 Å². The molecular weight excluding hydrogens is 260 g/mol. The maximum atomic E-state index is 11.8. The van der Waals surface area contributed by atoms with Crippen LogP contribution in [-0.2, 0) is 4.74 Å². The highest BCUT2D eigenvalue weighted by molar-refractivity contribution is 6.33. The molecule has 0 radical (unpaired) electrons. The third-order valence-electron chi connectivity index (χ3n) is 2.22. The lowest BCUT2D eigenvalue weighted by molar-refractivity contribution is -0.385. The number of nitrogens with zero attached hydrogens (tertiary/aromatic N) is 1. The molecule has 1 amide bonds. The minimum absolute atomic E-state index is 0.0371. The van der Waals surface area contributed by atoms with Crippen LogP contribution in [-0.4, -0.2) is 31.1 Å². The molecule has 1 aromatic rings. The summed E-state index contributed by atoms with van der Waals surface area (Å²) < 4.78 is 4.83. The fourth-order valence-corrected chi connectivity index (χ4v) is 1.64. The Morgan fingerprint density at radius 1 is 1.56 bits per heavy atom. The van der Waals surface area contributed by atoms with Crippen LogP contribution < -0.4 is 5.32 Å². The Hall–Kier alpha value is -1.66. The van der Waals surface area contributed by atoms with E-state index in [1.54, 1.807) is 7.11 Å². The Morgan fingerprint density at radius 3 is 2.89 bits per heavy atom. The van der Waals surface area contributed by atoms with E-state index in [2.05, 4.69) is 5.32 Å². The molecule has 1 aromatic carbocycles. The fraction of sp³-hybridized carbons (Fsp3) is 0.364. The van der Waals surface area contributed by atoms with Crippen molar-refractivity contribution in [3.8, 4) is 0 Å². The van der Waals surface area contributed by atoms with Crippen LogP contribution in [0.1, 0.15) is 16.8 Å². The van der Waals surface area contributed by atoms with E-state index < -0.39 is 10.8 Å². The largest absolute Gasteiger partial charge is 0.385 e. The number of nitro groups is 1. The number of ether oxygens (including phenoxy) is 1. The number of hydrogen-bond acceptors (Lipinski definition) is 4. The molecule has 0 heterocycles. The Balaban J connectivity index is 2.79. The van der Waals surface area contributed by atoms with Crippen LogP contribution in [0.5, 0.6) is 0 Å². The van der Waals surface area contributed by atoms with Crippen LogP contribution >= 0.6 is 11.6 Å². The number of benzene rings is 1. The van der Waals surface area contributed by atoms with Gasteiger partial charge in [-0.1, -0.05) is 17.7 Å². The molecule has 1 rings (SSSR count). The summed E-state index contributed by atoms with van der Waals surface area (Å²) in [5.74, 6) is -0.514. The van der Waals surface area contributed by atoms with Gasteiger partial charge in [0.15, 0.2) is 0 Å². The molecule has 0 spiro atoms. The van der Waals surface area contributed by atoms with Crippen LogP contribution in [0.4, 0.5) is 5.69 Å². The molecule has 0 aromatic heterocycles. The highest BCUT2D eigenvalue weighted by Crippen LogP contribution is 2.27. The lowest BCUT2D eigenvalue weighted by atomic mass is 10.1. The topological polar surface area (TPSA) is 81.5 Å². The second-order valence-electron chi connectivity index (χ2n) is 3.50. The maximum Gasteiger partial charge on any atom is 0.300 e. The van der Waals surface area contributed by atoms with E-state index in [1.807, 2.05) is 0 Å². The van der Waals surface area contributed by atoms with E-state index >= 15 is 0 Å². The first-order valence-electron chi connectivity index (χ1n) is 5.28. The summed E-state index contributed by atoms with van der Waals surface area (Å²) >= 11 is 5.71. The smallest absolute Gasteiger partial charge is 0.300 e. The molecule has 0 fully saturated rings. The number of nitro benzene ring substituents is 1. The Labute approximate surface area is 109 Å². The number of rotatable bonds is 6. The summed E-state index contributed by atoms with van der Waals surface area (Å²) in [4.78, 5) is 22.0. The molecule has 0 bridgehead atoms. The molecule has 1 N–H and O–H groups in total. The number of hydrogen-bond donors (Lipinski definition) is 1. The zero-order valence-corrected chi connectivity index (χ0v) is 10.6. The van der Waals surface area contributed by atoms with E-state index in [-0.39, 0.29) is 16.3 Å².